The quantitative estimate of drug-likeness (QED) is 0.106. The first-order chi connectivity index (χ1) is 23.8. The molecule has 260 valence electrons. The van der Waals surface area contributed by atoms with Crippen molar-refractivity contribution in [1.82, 2.24) is 14.9 Å². The molecule has 1 aliphatic rings. The number of halogens is 2. The summed E-state index contributed by atoms with van der Waals surface area (Å²) in [4.78, 5) is 37.9. The lowest BCUT2D eigenvalue weighted by atomic mass is 9.78. The van der Waals surface area contributed by atoms with Crippen molar-refractivity contribution >= 4 is 34.1 Å². The number of hydrogen-bond acceptors (Lipinski definition) is 9. The zero-order valence-electron chi connectivity index (χ0n) is 27.9. The van der Waals surface area contributed by atoms with Crippen LogP contribution < -0.4 is 24.8 Å². The van der Waals surface area contributed by atoms with E-state index in [0.717, 1.165) is 45.3 Å². The van der Waals surface area contributed by atoms with E-state index in [4.69, 9.17) is 18.9 Å². The number of aromatic nitrogens is 2. The summed E-state index contributed by atoms with van der Waals surface area (Å²) in [6.45, 7) is 8.30. The maximum atomic E-state index is 15.4. The van der Waals surface area contributed by atoms with Crippen LogP contribution in [0.3, 0.4) is 0 Å². The van der Waals surface area contributed by atoms with Gasteiger partial charge in [0, 0.05) is 43.1 Å². The Morgan fingerprint density at radius 3 is 2.31 bits per heavy atom. The van der Waals surface area contributed by atoms with Gasteiger partial charge in [-0.25, -0.2) is 18.7 Å². The third-order valence-electron chi connectivity index (χ3n) is 8.51. The van der Waals surface area contributed by atoms with Gasteiger partial charge in [0.2, 0.25) is 17.7 Å². The van der Waals surface area contributed by atoms with Crippen molar-refractivity contribution in [2.24, 2.45) is 5.41 Å². The molecule has 13 heteroatoms. The summed E-state index contributed by atoms with van der Waals surface area (Å²) in [6.07, 6.45) is 3.12. The number of carbonyl (C=O) groups excluding carboxylic acids is 2. The number of rotatable bonds is 15. The van der Waals surface area contributed by atoms with E-state index in [1.54, 1.807) is 19.1 Å². The Morgan fingerprint density at radius 1 is 0.918 bits per heavy atom. The second kappa shape index (κ2) is 16.5. The molecule has 0 aliphatic carbocycles. The lowest BCUT2D eigenvalue weighted by Gasteiger charge is -2.30. The third kappa shape index (κ3) is 8.59. The maximum Gasteiger partial charge on any atom is 0.240 e. The SMILES string of the molecule is CCCC(CC)(C(=O)Nc1ccc(F)cc1)C(=O)Nc1ccc(Oc2ncnc3cc(OCCCN4CCOCC4)c(OC)cc23)c(F)c1. The molecule has 1 atom stereocenters. The highest BCUT2D eigenvalue weighted by molar-refractivity contribution is 6.14. The van der Waals surface area contributed by atoms with E-state index in [1.807, 2.05) is 6.92 Å². The van der Waals surface area contributed by atoms with Crippen LogP contribution in [-0.4, -0.2) is 73.2 Å². The van der Waals surface area contributed by atoms with E-state index in [0.29, 0.717) is 41.1 Å². The van der Waals surface area contributed by atoms with E-state index in [9.17, 15) is 14.0 Å². The van der Waals surface area contributed by atoms with Crippen LogP contribution in [0.1, 0.15) is 39.5 Å². The number of amides is 2. The average Bonchev–Trinajstić information content (AvgIpc) is 3.11. The van der Waals surface area contributed by atoms with Crippen LogP contribution in [0.25, 0.3) is 10.9 Å². The van der Waals surface area contributed by atoms with Crippen LogP contribution >= 0.6 is 0 Å². The molecule has 5 rings (SSSR count). The van der Waals surface area contributed by atoms with Crippen molar-refractivity contribution in [1.29, 1.82) is 0 Å². The van der Waals surface area contributed by atoms with Crippen molar-refractivity contribution < 1.29 is 37.3 Å². The molecule has 0 spiro atoms. The second-order valence-electron chi connectivity index (χ2n) is 11.7. The summed E-state index contributed by atoms with van der Waals surface area (Å²) >= 11 is 0. The first-order valence-corrected chi connectivity index (χ1v) is 16.4. The minimum Gasteiger partial charge on any atom is -0.493 e. The Kier molecular flexibility index (Phi) is 11.9. The van der Waals surface area contributed by atoms with Crippen molar-refractivity contribution in [2.45, 2.75) is 39.5 Å². The summed E-state index contributed by atoms with van der Waals surface area (Å²) < 4.78 is 51.7. The fraction of sp³-hybridized carbons (Fsp3) is 0.389. The molecule has 1 unspecified atom stereocenters. The molecule has 1 saturated heterocycles. The van der Waals surface area contributed by atoms with Crippen LogP contribution in [0.15, 0.2) is 60.9 Å². The van der Waals surface area contributed by atoms with Gasteiger partial charge in [0.15, 0.2) is 23.1 Å². The topological polar surface area (TPSA) is 124 Å². The van der Waals surface area contributed by atoms with Gasteiger partial charge < -0.3 is 29.6 Å². The molecule has 0 bridgehead atoms. The predicted molar refractivity (Wildman–Crippen MR) is 181 cm³/mol. The van der Waals surface area contributed by atoms with Gasteiger partial charge >= 0.3 is 0 Å². The highest BCUT2D eigenvalue weighted by atomic mass is 19.1. The minimum atomic E-state index is -1.45. The zero-order valence-corrected chi connectivity index (χ0v) is 27.9. The normalized spacial score (nSPS) is 14.6. The molecule has 2 heterocycles. The van der Waals surface area contributed by atoms with E-state index >= 15 is 4.39 Å². The highest BCUT2D eigenvalue weighted by Gasteiger charge is 2.43. The van der Waals surface area contributed by atoms with E-state index in [2.05, 4.69) is 25.5 Å². The monoisotopic (exact) mass is 677 g/mol. The molecule has 11 nitrogen and oxygen atoms in total. The van der Waals surface area contributed by atoms with Crippen LogP contribution in [-0.2, 0) is 14.3 Å². The molecular formula is C36H41F2N5O6. The maximum absolute atomic E-state index is 15.4. The number of carbonyl (C=O) groups is 2. The molecule has 1 aromatic heterocycles. The number of morpholine rings is 1. The Hall–Kier alpha value is -4.88. The predicted octanol–water partition coefficient (Wildman–Crippen LogP) is 6.58. The molecule has 1 fully saturated rings. The Bertz CT molecular complexity index is 1750. The molecule has 4 aromatic rings. The number of anilines is 2. The van der Waals surface area contributed by atoms with Crippen LogP contribution in [0.2, 0.25) is 0 Å². The summed E-state index contributed by atoms with van der Waals surface area (Å²) in [6, 6.07) is 12.7. The third-order valence-corrected chi connectivity index (χ3v) is 8.51. The first kappa shape index (κ1) is 35.4. The number of nitrogens with one attached hydrogen (secondary N) is 2. The molecule has 0 radical (unpaired) electrons. The standard InChI is InChI=1S/C36H41F2N5O6/c1-4-13-36(5-2,34(44)41-25-9-7-24(37)8-10-25)35(45)42-26-11-12-30(28(38)20-26)49-33-27-21-31(46-3)32(22-29(27)39-23-40-33)48-17-6-14-43-15-18-47-19-16-43/h7-12,20-23H,4-6,13-19H2,1-3H3,(H,41,44)(H,42,45). The number of methoxy groups -OCH3 is 1. The van der Waals surface area contributed by atoms with E-state index in [-0.39, 0.29) is 30.2 Å². The van der Waals surface area contributed by atoms with E-state index in [1.165, 1.54) is 49.8 Å². The van der Waals surface area contributed by atoms with Gasteiger partial charge in [0.05, 0.1) is 37.8 Å². The van der Waals surface area contributed by atoms with Crippen LogP contribution in [0.4, 0.5) is 20.2 Å². The number of hydrogen-bond donors (Lipinski definition) is 2. The van der Waals surface area contributed by atoms with E-state index < -0.39 is 28.9 Å². The summed E-state index contributed by atoms with van der Waals surface area (Å²) in [5, 5.41) is 5.90. The van der Waals surface area contributed by atoms with Gasteiger partial charge in [-0.3, -0.25) is 14.5 Å². The molecule has 3 aromatic carbocycles. The lowest BCUT2D eigenvalue weighted by molar-refractivity contribution is -0.138. The van der Waals surface area contributed by atoms with Crippen molar-refractivity contribution in [3.8, 4) is 23.1 Å². The number of fused-ring (bicyclic) bond motifs is 1. The van der Waals surface area contributed by atoms with Crippen molar-refractivity contribution in [2.75, 3.05) is 57.2 Å². The Balaban J connectivity index is 1.28. The number of benzene rings is 3. The van der Waals surface area contributed by atoms with Crippen LogP contribution in [0.5, 0.6) is 23.1 Å². The van der Waals surface area contributed by atoms with Gasteiger partial charge in [0.25, 0.3) is 0 Å². The average molecular weight is 678 g/mol. The first-order valence-electron chi connectivity index (χ1n) is 16.4. The van der Waals surface area contributed by atoms with Gasteiger partial charge in [-0.05, 0) is 61.7 Å². The fourth-order valence-electron chi connectivity index (χ4n) is 5.74. The smallest absolute Gasteiger partial charge is 0.240 e. The molecule has 1 aliphatic heterocycles. The minimum absolute atomic E-state index is 0.100. The van der Waals surface area contributed by atoms with Gasteiger partial charge in [-0.15, -0.1) is 0 Å². The zero-order chi connectivity index (χ0) is 34.8. The lowest BCUT2D eigenvalue weighted by Crippen LogP contribution is -2.46. The van der Waals surface area contributed by atoms with Gasteiger partial charge in [-0.1, -0.05) is 20.3 Å². The largest absolute Gasteiger partial charge is 0.493 e. The molecule has 2 N–H and O–H groups in total. The van der Waals surface area contributed by atoms with Crippen molar-refractivity contribution in [3.63, 3.8) is 0 Å². The van der Waals surface area contributed by atoms with Gasteiger partial charge in [-0.2, -0.15) is 0 Å². The summed E-state index contributed by atoms with van der Waals surface area (Å²) in [5.74, 6) is -1.39. The molecular weight excluding hydrogens is 636 g/mol. The van der Waals surface area contributed by atoms with Gasteiger partial charge in [0.1, 0.15) is 17.6 Å². The summed E-state index contributed by atoms with van der Waals surface area (Å²) in [5.41, 5.74) is -0.426. The Morgan fingerprint density at radius 2 is 1.63 bits per heavy atom. The molecule has 0 saturated carbocycles. The second-order valence-corrected chi connectivity index (χ2v) is 11.7. The Labute approximate surface area is 283 Å². The number of ether oxygens (including phenoxy) is 4. The summed E-state index contributed by atoms with van der Waals surface area (Å²) in [7, 11) is 1.53. The van der Waals surface area contributed by atoms with Crippen LogP contribution in [0, 0.1) is 17.0 Å². The highest BCUT2D eigenvalue weighted by Crippen LogP contribution is 2.37. The van der Waals surface area contributed by atoms with Crippen molar-refractivity contribution in [3.05, 3.63) is 72.6 Å². The number of nitrogens with zero attached hydrogens (tertiary/aromatic N) is 3. The molecule has 2 amide bonds. The fourth-order valence-corrected chi connectivity index (χ4v) is 5.74. The molecule has 49 heavy (non-hydrogen) atoms.